The minimum Gasteiger partial charge on any atom is -0.360 e. The van der Waals surface area contributed by atoms with Gasteiger partial charge in [0.1, 0.15) is 0 Å². The van der Waals surface area contributed by atoms with Crippen LogP contribution >= 0.6 is 0 Å². The van der Waals surface area contributed by atoms with Gasteiger partial charge < -0.3 is 9.94 Å². The summed E-state index contributed by atoms with van der Waals surface area (Å²) in [6.45, 7) is 1.51. The molecule has 1 heterocycles. The van der Waals surface area contributed by atoms with Crippen LogP contribution in [0.25, 0.3) is 0 Å². The first-order valence-corrected chi connectivity index (χ1v) is 4.70. The summed E-state index contributed by atoms with van der Waals surface area (Å²) >= 11 is 0. The molecule has 0 saturated heterocycles. The van der Waals surface area contributed by atoms with Gasteiger partial charge in [-0.2, -0.15) is 0 Å². The number of non-ortho nitro benzene ring substituents is 1. The van der Waals surface area contributed by atoms with Gasteiger partial charge in [0.15, 0.2) is 0 Å². The fourth-order valence-corrected chi connectivity index (χ4v) is 1.46. The smallest absolute Gasteiger partial charge is 0.269 e. The number of rotatable bonds is 2. The van der Waals surface area contributed by atoms with Gasteiger partial charge in [0.2, 0.25) is 5.79 Å². The quantitative estimate of drug-likeness (QED) is 0.605. The van der Waals surface area contributed by atoms with Crippen LogP contribution in [-0.2, 0) is 4.84 Å². The van der Waals surface area contributed by atoms with Crippen LogP contribution in [0.4, 0.5) is 5.69 Å². The average molecular weight is 222 g/mol. The Balaban J connectivity index is 2.21. The van der Waals surface area contributed by atoms with Crippen molar-refractivity contribution in [2.24, 2.45) is 5.16 Å². The number of aliphatic hydroxyl groups is 1. The summed E-state index contributed by atoms with van der Waals surface area (Å²) in [4.78, 5) is 14.8. The van der Waals surface area contributed by atoms with Crippen molar-refractivity contribution >= 4 is 11.4 Å². The number of nitro groups is 1. The molecular weight excluding hydrogens is 212 g/mol. The first-order valence-electron chi connectivity index (χ1n) is 4.70. The molecule has 0 saturated carbocycles. The highest BCUT2D eigenvalue weighted by atomic mass is 16.7. The predicted octanol–water partition coefficient (Wildman–Crippen LogP) is 1.43. The van der Waals surface area contributed by atoms with Gasteiger partial charge in [-0.25, -0.2) is 0 Å². The normalized spacial score (nSPS) is 23.8. The summed E-state index contributed by atoms with van der Waals surface area (Å²) in [5.74, 6) is -1.28. The molecule has 6 nitrogen and oxygen atoms in total. The molecular formula is C10H10N2O4. The van der Waals surface area contributed by atoms with Gasteiger partial charge in [0, 0.05) is 24.6 Å². The van der Waals surface area contributed by atoms with E-state index in [1.165, 1.54) is 19.1 Å². The SMILES string of the molecule is CC1(O)CC(c2ccc([N+](=O)[O-])cc2)=NO1. The molecule has 1 unspecified atom stereocenters. The number of hydrogen-bond acceptors (Lipinski definition) is 5. The van der Waals surface area contributed by atoms with Crippen molar-refractivity contribution in [3.05, 3.63) is 39.9 Å². The lowest BCUT2D eigenvalue weighted by atomic mass is 10.0. The zero-order valence-corrected chi connectivity index (χ0v) is 8.58. The fraction of sp³-hybridized carbons (Fsp3) is 0.300. The molecule has 0 radical (unpaired) electrons. The summed E-state index contributed by atoms with van der Waals surface area (Å²) in [6.07, 6.45) is 0.269. The van der Waals surface area contributed by atoms with Gasteiger partial charge >= 0.3 is 0 Å². The Kier molecular flexibility index (Phi) is 2.35. The van der Waals surface area contributed by atoms with E-state index < -0.39 is 10.7 Å². The Morgan fingerprint density at radius 1 is 1.50 bits per heavy atom. The minimum absolute atomic E-state index is 0.0232. The zero-order chi connectivity index (χ0) is 11.8. The van der Waals surface area contributed by atoms with Crippen LogP contribution in [0.15, 0.2) is 29.4 Å². The molecule has 1 atom stereocenters. The maximum atomic E-state index is 10.4. The number of hydrogen-bond donors (Lipinski definition) is 1. The van der Waals surface area contributed by atoms with Crippen LogP contribution in [0.5, 0.6) is 0 Å². The third-order valence-electron chi connectivity index (χ3n) is 2.26. The lowest BCUT2D eigenvalue weighted by molar-refractivity contribution is -0.384. The second-order valence-electron chi connectivity index (χ2n) is 3.79. The van der Waals surface area contributed by atoms with Crippen molar-refractivity contribution in [1.82, 2.24) is 0 Å². The molecule has 1 aliphatic heterocycles. The molecule has 0 aliphatic carbocycles. The minimum atomic E-state index is -1.28. The lowest BCUT2D eigenvalue weighted by Crippen LogP contribution is -2.23. The molecule has 0 amide bonds. The molecule has 1 aromatic rings. The van der Waals surface area contributed by atoms with E-state index in [2.05, 4.69) is 5.16 Å². The molecule has 2 rings (SSSR count). The van der Waals surface area contributed by atoms with E-state index in [9.17, 15) is 15.2 Å². The van der Waals surface area contributed by atoms with Crippen LogP contribution < -0.4 is 0 Å². The van der Waals surface area contributed by atoms with Gasteiger partial charge in [-0.15, -0.1) is 0 Å². The molecule has 1 aromatic carbocycles. The van der Waals surface area contributed by atoms with E-state index in [0.717, 1.165) is 0 Å². The van der Waals surface area contributed by atoms with Crippen molar-refractivity contribution in [2.45, 2.75) is 19.1 Å². The molecule has 6 heteroatoms. The summed E-state index contributed by atoms with van der Waals surface area (Å²) in [7, 11) is 0. The third-order valence-corrected chi connectivity index (χ3v) is 2.26. The summed E-state index contributed by atoms with van der Waals surface area (Å²) in [5, 5.41) is 23.7. The Morgan fingerprint density at radius 3 is 2.56 bits per heavy atom. The van der Waals surface area contributed by atoms with Crippen molar-refractivity contribution in [3.8, 4) is 0 Å². The number of nitrogens with zero attached hydrogens (tertiary/aromatic N) is 2. The maximum Gasteiger partial charge on any atom is 0.269 e. The van der Waals surface area contributed by atoms with Crippen LogP contribution in [0.1, 0.15) is 18.9 Å². The van der Waals surface area contributed by atoms with Crippen molar-refractivity contribution in [2.75, 3.05) is 0 Å². The number of nitro benzene ring substituents is 1. The first kappa shape index (κ1) is 10.6. The van der Waals surface area contributed by atoms with Crippen molar-refractivity contribution in [3.63, 3.8) is 0 Å². The second kappa shape index (κ2) is 3.57. The van der Waals surface area contributed by atoms with E-state index >= 15 is 0 Å². The highest BCUT2D eigenvalue weighted by Crippen LogP contribution is 2.24. The Bertz CT molecular complexity index is 450. The topological polar surface area (TPSA) is 85.0 Å². The Morgan fingerprint density at radius 2 is 2.12 bits per heavy atom. The standard InChI is InChI=1S/C10H10N2O4/c1-10(13)6-9(11-16-10)7-2-4-8(5-3-7)12(14)15/h2-5,13H,6H2,1H3. The highest BCUT2D eigenvalue weighted by Gasteiger charge is 2.31. The maximum absolute atomic E-state index is 10.4. The molecule has 0 spiro atoms. The zero-order valence-electron chi connectivity index (χ0n) is 8.58. The van der Waals surface area contributed by atoms with Crippen LogP contribution in [0.3, 0.4) is 0 Å². The second-order valence-corrected chi connectivity index (χ2v) is 3.79. The van der Waals surface area contributed by atoms with Crippen LogP contribution in [0, 0.1) is 10.1 Å². The molecule has 0 bridgehead atoms. The highest BCUT2D eigenvalue weighted by molar-refractivity contribution is 6.01. The average Bonchev–Trinajstić information content (AvgIpc) is 2.59. The van der Waals surface area contributed by atoms with Crippen LogP contribution in [-0.4, -0.2) is 21.5 Å². The molecule has 1 aliphatic rings. The lowest BCUT2D eigenvalue weighted by Gasteiger charge is -2.11. The van der Waals surface area contributed by atoms with Gasteiger partial charge in [-0.3, -0.25) is 10.1 Å². The number of benzene rings is 1. The van der Waals surface area contributed by atoms with Gasteiger partial charge in [-0.1, -0.05) is 5.16 Å². The van der Waals surface area contributed by atoms with E-state index in [1.54, 1.807) is 12.1 Å². The van der Waals surface area contributed by atoms with E-state index in [4.69, 9.17) is 4.84 Å². The Labute approximate surface area is 91.3 Å². The number of oxime groups is 1. The van der Waals surface area contributed by atoms with Gasteiger partial charge in [-0.05, 0) is 12.1 Å². The summed E-state index contributed by atoms with van der Waals surface area (Å²) in [5.41, 5.74) is 1.32. The predicted molar refractivity (Wildman–Crippen MR) is 56.0 cm³/mol. The third kappa shape index (κ3) is 2.01. The largest absolute Gasteiger partial charge is 0.360 e. The van der Waals surface area contributed by atoms with Gasteiger partial charge in [0.05, 0.1) is 17.1 Å². The van der Waals surface area contributed by atoms with Crippen LogP contribution in [0.2, 0.25) is 0 Å². The van der Waals surface area contributed by atoms with Gasteiger partial charge in [0.25, 0.3) is 5.69 Å². The van der Waals surface area contributed by atoms with Crippen molar-refractivity contribution < 1.29 is 14.9 Å². The fourth-order valence-electron chi connectivity index (χ4n) is 1.46. The monoisotopic (exact) mass is 222 g/mol. The molecule has 0 aromatic heterocycles. The van der Waals surface area contributed by atoms with Crippen molar-refractivity contribution in [1.29, 1.82) is 0 Å². The molecule has 84 valence electrons. The molecule has 1 N–H and O–H groups in total. The summed E-state index contributed by atoms with van der Waals surface area (Å²) < 4.78 is 0. The van der Waals surface area contributed by atoms with E-state index in [-0.39, 0.29) is 12.1 Å². The molecule has 0 fully saturated rings. The van der Waals surface area contributed by atoms with E-state index in [1.807, 2.05) is 0 Å². The van der Waals surface area contributed by atoms with E-state index in [0.29, 0.717) is 11.3 Å². The molecule has 16 heavy (non-hydrogen) atoms. The first-order chi connectivity index (χ1) is 7.48. The summed E-state index contributed by atoms with van der Waals surface area (Å²) in [6, 6.07) is 5.96. The Hall–Kier alpha value is -1.95.